The summed E-state index contributed by atoms with van der Waals surface area (Å²) in [5, 5.41) is 10.3. The molecule has 0 aromatic heterocycles. The lowest BCUT2D eigenvalue weighted by atomic mass is 10.0. The van der Waals surface area contributed by atoms with Crippen LogP contribution >= 0.6 is 11.6 Å². The molecule has 0 aliphatic carbocycles. The van der Waals surface area contributed by atoms with Crippen LogP contribution in [0.15, 0.2) is 24.3 Å². The molecule has 1 aromatic carbocycles. The van der Waals surface area contributed by atoms with Gasteiger partial charge in [0.2, 0.25) is 0 Å². The summed E-state index contributed by atoms with van der Waals surface area (Å²) in [6, 6.07) is 7.93. The SMILES string of the molecule is OC[C@H](c1cccc(Cl)c1)N1CCCCC1. The highest BCUT2D eigenvalue weighted by Gasteiger charge is 2.21. The van der Waals surface area contributed by atoms with Crippen LogP contribution in [-0.2, 0) is 0 Å². The smallest absolute Gasteiger partial charge is 0.0628 e. The van der Waals surface area contributed by atoms with E-state index in [1.54, 1.807) is 0 Å². The number of aliphatic hydroxyl groups excluding tert-OH is 1. The van der Waals surface area contributed by atoms with Gasteiger partial charge in [-0.3, -0.25) is 4.90 Å². The van der Waals surface area contributed by atoms with E-state index in [1.165, 1.54) is 19.3 Å². The summed E-state index contributed by atoms with van der Waals surface area (Å²) in [6.45, 7) is 2.33. The fourth-order valence-electron chi connectivity index (χ4n) is 2.38. The first kappa shape index (κ1) is 11.9. The maximum Gasteiger partial charge on any atom is 0.0628 e. The van der Waals surface area contributed by atoms with Gasteiger partial charge in [0.15, 0.2) is 0 Å². The van der Waals surface area contributed by atoms with Gasteiger partial charge in [0, 0.05) is 5.02 Å². The summed E-state index contributed by atoms with van der Waals surface area (Å²) in [5.74, 6) is 0. The standard InChI is InChI=1S/C13H18ClNO/c14-12-6-4-5-11(9-12)13(10-16)15-7-2-1-3-8-15/h4-6,9,13,16H,1-3,7-8,10H2/t13-/m1/s1. The molecule has 0 saturated carbocycles. The van der Waals surface area contributed by atoms with E-state index in [2.05, 4.69) is 4.90 Å². The Bertz CT molecular complexity index is 336. The number of halogens is 1. The first-order valence-corrected chi connectivity index (χ1v) is 6.29. The predicted molar refractivity (Wildman–Crippen MR) is 66.7 cm³/mol. The molecule has 88 valence electrons. The van der Waals surface area contributed by atoms with Crippen LogP contribution in [0.1, 0.15) is 30.9 Å². The van der Waals surface area contributed by atoms with Crippen molar-refractivity contribution in [2.45, 2.75) is 25.3 Å². The topological polar surface area (TPSA) is 23.5 Å². The molecular weight excluding hydrogens is 222 g/mol. The number of hydrogen-bond donors (Lipinski definition) is 1. The summed E-state index contributed by atoms with van der Waals surface area (Å²) in [7, 11) is 0. The third kappa shape index (κ3) is 2.76. The lowest BCUT2D eigenvalue weighted by molar-refractivity contribution is 0.104. The minimum Gasteiger partial charge on any atom is -0.394 e. The van der Waals surface area contributed by atoms with Crippen molar-refractivity contribution in [2.75, 3.05) is 19.7 Å². The Balaban J connectivity index is 2.14. The molecule has 16 heavy (non-hydrogen) atoms. The average molecular weight is 240 g/mol. The Morgan fingerprint density at radius 3 is 2.62 bits per heavy atom. The highest BCUT2D eigenvalue weighted by Crippen LogP contribution is 2.25. The highest BCUT2D eigenvalue weighted by atomic mass is 35.5. The normalized spacial score (nSPS) is 19.6. The lowest BCUT2D eigenvalue weighted by Crippen LogP contribution is -2.35. The van der Waals surface area contributed by atoms with Gasteiger partial charge in [-0.25, -0.2) is 0 Å². The first-order chi connectivity index (χ1) is 7.81. The van der Waals surface area contributed by atoms with Crippen molar-refractivity contribution in [3.05, 3.63) is 34.9 Å². The second-order valence-electron chi connectivity index (χ2n) is 4.35. The summed E-state index contributed by atoms with van der Waals surface area (Å²) >= 11 is 5.98. The minimum absolute atomic E-state index is 0.110. The van der Waals surface area contributed by atoms with E-state index < -0.39 is 0 Å². The lowest BCUT2D eigenvalue weighted by Gasteiger charge is -2.33. The molecule has 1 saturated heterocycles. The van der Waals surface area contributed by atoms with Crippen molar-refractivity contribution >= 4 is 11.6 Å². The maximum absolute atomic E-state index is 9.54. The molecule has 1 aliphatic heterocycles. The molecule has 1 fully saturated rings. The van der Waals surface area contributed by atoms with Crippen LogP contribution in [0.2, 0.25) is 5.02 Å². The molecule has 0 spiro atoms. The fraction of sp³-hybridized carbons (Fsp3) is 0.538. The molecule has 0 unspecified atom stereocenters. The molecule has 0 radical (unpaired) electrons. The number of nitrogens with zero attached hydrogens (tertiary/aromatic N) is 1. The van der Waals surface area contributed by atoms with Crippen molar-refractivity contribution in [1.82, 2.24) is 4.90 Å². The zero-order chi connectivity index (χ0) is 11.4. The van der Waals surface area contributed by atoms with Gasteiger partial charge >= 0.3 is 0 Å². The largest absolute Gasteiger partial charge is 0.394 e. The van der Waals surface area contributed by atoms with E-state index in [9.17, 15) is 5.11 Å². The second kappa shape index (κ2) is 5.67. The molecule has 1 heterocycles. The van der Waals surface area contributed by atoms with E-state index in [0.717, 1.165) is 23.7 Å². The van der Waals surface area contributed by atoms with Gasteiger partial charge < -0.3 is 5.11 Å². The second-order valence-corrected chi connectivity index (χ2v) is 4.79. The van der Waals surface area contributed by atoms with Gasteiger partial charge in [-0.1, -0.05) is 30.2 Å². The Morgan fingerprint density at radius 2 is 2.00 bits per heavy atom. The van der Waals surface area contributed by atoms with Crippen LogP contribution in [0.5, 0.6) is 0 Å². The van der Waals surface area contributed by atoms with Gasteiger partial charge in [0.1, 0.15) is 0 Å². The minimum atomic E-state index is 0.110. The van der Waals surface area contributed by atoms with Gasteiger partial charge in [0.25, 0.3) is 0 Å². The Hall–Kier alpha value is -0.570. The predicted octanol–water partition coefficient (Wildman–Crippen LogP) is 2.86. The summed E-state index contributed by atoms with van der Waals surface area (Å²) < 4.78 is 0. The summed E-state index contributed by atoms with van der Waals surface area (Å²) in [6.07, 6.45) is 3.78. The maximum atomic E-state index is 9.54. The summed E-state index contributed by atoms with van der Waals surface area (Å²) in [5.41, 5.74) is 1.12. The van der Waals surface area contributed by atoms with E-state index in [4.69, 9.17) is 11.6 Å². The molecule has 1 N–H and O–H groups in total. The molecule has 1 aliphatic rings. The molecule has 3 heteroatoms. The molecule has 0 bridgehead atoms. The van der Waals surface area contributed by atoms with Crippen molar-refractivity contribution in [2.24, 2.45) is 0 Å². The summed E-state index contributed by atoms with van der Waals surface area (Å²) in [4.78, 5) is 2.36. The Labute approximate surface area is 102 Å². The molecular formula is C13H18ClNO. The van der Waals surface area contributed by atoms with Crippen LogP contribution in [0, 0.1) is 0 Å². The molecule has 2 nitrogen and oxygen atoms in total. The van der Waals surface area contributed by atoms with Crippen molar-refractivity contribution in [3.63, 3.8) is 0 Å². The Kier molecular flexibility index (Phi) is 4.22. The molecule has 2 rings (SSSR count). The number of rotatable bonds is 3. The zero-order valence-corrected chi connectivity index (χ0v) is 10.2. The van der Waals surface area contributed by atoms with E-state index in [0.29, 0.717) is 0 Å². The zero-order valence-electron chi connectivity index (χ0n) is 9.40. The molecule has 1 aromatic rings. The van der Waals surface area contributed by atoms with Crippen molar-refractivity contribution in [3.8, 4) is 0 Å². The van der Waals surface area contributed by atoms with Crippen LogP contribution in [0.4, 0.5) is 0 Å². The van der Waals surface area contributed by atoms with Crippen molar-refractivity contribution in [1.29, 1.82) is 0 Å². The average Bonchev–Trinajstić information content (AvgIpc) is 2.31. The van der Waals surface area contributed by atoms with E-state index >= 15 is 0 Å². The van der Waals surface area contributed by atoms with Crippen LogP contribution in [-0.4, -0.2) is 29.7 Å². The monoisotopic (exact) mass is 239 g/mol. The number of benzene rings is 1. The van der Waals surface area contributed by atoms with Gasteiger partial charge in [-0.05, 0) is 43.6 Å². The number of likely N-dealkylation sites (tertiary alicyclic amines) is 1. The van der Waals surface area contributed by atoms with E-state index in [1.807, 2.05) is 24.3 Å². The molecule has 1 atom stereocenters. The van der Waals surface area contributed by atoms with Crippen LogP contribution in [0.3, 0.4) is 0 Å². The van der Waals surface area contributed by atoms with Gasteiger partial charge in [-0.2, -0.15) is 0 Å². The third-order valence-electron chi connectivity index (χ3n) is 3.24. The van der Waals surface area contributed by atoms with Gasteiger partial charge in [-0.15, -0.1) is 0 Å². The number of aliphatic hydroxyl groups is 1. The fourth-order valence-corrected chi connectivity index (χ4v) is 2.57. The first-order valence-electron chi connectivity index (χ1n) is 5.91. The van der Waals surface area contributed by atoms with Crippen LogP contribution < -0.4 is 0 Å². The Morgan fingerprint density at radius 1 is 1.25 bits per heavy atom. The number of piperidine rings is 1. The van der Waals surface area contributed by atoms with Crippen molar-refractivity contribution < 1.29 is 5.11 Å². The third-order valence-corrected chi connectivity index (χ3v) is 3.47. The quantitative estimate of drug-likeness (QED) is 0.877. The van der Waals surface area contributed by atoms with E-state index in [-0.39, 0.29) is 12.6 Å². The highest BCUT2D eigenvalue weighted by molar-refractivity contribution is 6.30. The van der Waals surface area contributed by atoms with Crippen LogP contribution in [0.25, 0.3) is 0 Å². The number of hydrogen-bond acceptors (Lipinski definition) is 2. The molecule has 0 amide bonds. The van der Waals surface area contributed by atoms with Gasteiger partial charge in [0.05, 0.1) is 12.6 Å².